The molecule has 1 aliphatic heterocycles. The molecule has 0 radical (unpaired) electrons. The van der Waals surface area contributed by atoms with Gasteiger partial charge in [-0.05, 0) is 54.3 Å². The van der Waals surface area contributed by atoms with Crippen molar-refractivity contribution in [3.63, 3.8) is 0 Å². The molecule has 0 bridgehead atoms. The average Bonchev–Trinajstić information content (AvgIpc) is 2.72. The fraction of sp³-hybridized carbons (Fsp3) is 0.647. The number of hydrogen-bond donors (Lipinski definition) is 3. The van der Waals surface area contributed by atoms with Crippen molar-refractivity contribution < 1.29 is 0 Å². The largest absolute Gasteiger partial charge is 0.331 e. The van der Waals surface area contributed by atoms with Crippen LogP contribution in [0, 0.1) is 13.8 Å². The molecule has 0 spiro atoms. The van der Waals surface area contributed by atoms with Gasteiger partial charge < -0.3 is 15.5 Å². The number of nitrogens with zero attached hydrogens (tertiary/aromatic N) is 1. The Hall–Kier alpha value is -0.880. The highest BCUT2D eigenvalue weighted by molar-refractivity contribution is 7.16. The van der Waals surface area contributed by atoms with Gasteiger partial charge in [-0.1, -0.05) is 11.6 Å². The van der Waals surface area contributed by atoms with Gasteiger partial charge in [-0.15, -0.1) is 11.3 Å². The van der Waals surface area contributed by atoms with Gasteiger partial charge in [-0.2, -0.15) is 0 Å². The van der Waals surface area contributed by atoms with Crippen molar-refractivity contribution in [1.29, 1.82) is 0 Å². The van der Waals surface area contributed by atoms with Gasteiger partial charge in [0.25, 0.3) is 0 Å². The van der Waals surface area contributed by atoms with Crippen LogP contribution in [0.3, 0.4) is 0 Å². The summed E-state index contributed by atoms with van der Waals surface area (Å²) in [5.41, 5.74) is 4.25. The van der Waals surface area contributed by atoms with Gasteiger partial charge in [0.2, 0.25) is 0 Å². The van der Waals surface area contributed by atoms with Crippen LogP contribution < -0.4 is 20.9 Å². The molecule has 4 nitrogen and oxygen atoms in total. The fourth-order valence-corrected chi connectivity index (χ4v) is 4.44. The van der Waals surface area contributed by atoms with Crippen LogP contribution in [-0.4, -0.2) is 33.0 Å². The number of hydrogen-bond acceptors (Lipinski definition) is 5. The van der Waals surface area contributed by atoms with Gasteiger partial charge in [-0.25, -0.2) is 0 Å². The summed E-state index contributed by atoms with van der Waals surface area (Å²) in [5, 5.41) is 12.0. The first-order chi connectivity index (χ1) is 10.5. The molecular formula is C17H30N4S. The molecule has 2 heterocycles. The van der Waals surface area contributed by atoms with Gasteiger partial charge in [0.15, 0.2) is 0 Å². The van der Waals surface area contributed by atoms with E-state index in [1.165, 1.54) is 26.6 Å². The highest BCUT2D eigenvalue weighted by Crippen LogP contribution is 2.43. The number of anilines is 1. The van der Waals surface area contributed by atoms with E-state index in [4.69, 9.17) is 0 Å². The minimum absolute atomic E-state index is 0.272. The highest BCUT2D eigenvalue weighted by Gasteiger charge is 2.34. The summed E-state index contributed by atoms with van der Waals surface area (Å²) in [6.07, 6.45) is 2.77. The van der Waals surface area contributed by atoms with E-state index in [0.29, 0.717) is 6.04 Å². The molecule has 124 valence electrons. The summed E-state index contributed by atoms with van der Waals surface area (Å²) < 4.78 is 0. The number of rotatable bonds is 4. The van der Waals surface area contributed by atoms with E-state index in [-0.39, 0.29) is 12.3 Å². The number of likely N-dealkylation sites (N-methyl/N-ethyl adjacent to an activating group) is 1. The molecule has 5 heteroatoms. The Bertz CT molecular complexity index is 549. The lowest BCUT2D eigenvalue weighted by Crippen LogP contribution is -2.56. The molecule has 1 aromatic rings. The normalized spacial score (nSPS) is 24.1. The average molecular weight is 323 g/mol. The molecule has 22 heavy (non-hydrogen) atoms. The third-order valence-electron chi connectivity index (χ3n) is 4.87. The lowest BCUT2D eigenvalue weighted by molar-refractivity contribution is 0.427. The van der Waals surface area contributed by atoms with Gasteiger partial charge in [0.05, 0.1) is 23.4 Å². The Labute approximate surface area is 139 Å². The molecule has 3 N–H and O–H groups in total. The standard InChI is InChI=1S/C17H30N4S/c1-8-10(2)16-15-11(3)12(4)22-17(15)21(13(5)18-6)14(19-7)9-20-16/h8,13-14,16,18-20H,9H2,1-7H3/b10-8+. The molecule has 0 amide bonds. The zero-order valence-corrected chi connectivity index (χ0v) is 15.7. The zero-order chi connectivity index (χ0) is 16.4. The van der Waals surface area contributed by atoms with Crippen molar-refractivity contribution in [2.24, 2.45) is 0 Å². The SMILES string of the molecule is C/C=C(\C)C1NCC(NC)N(C(C)NC)c2sc(C)c(C)c21. The first-order valence-electron chi connectivity index (χ1n) is 8.05. The number of thiophene rings is 1. The molecule has 1 aromatic heterocycles. The fourth-order valence-electron chi connectivity index (χ4n) is 3.11. The van der Waals surface area contributed by atoms with E-state index in [1.807, 2.05) is 25.4 Å². The van der Waals surface area contributed by atoms with Crippen LogP contribution in [0.1, 0.15) is 42.8 Å². The van der Waals surface area contributed by atoms with Crippen LogP contribution in [-0.2, 0) is 0 Å². The van der Waals surface area contributed by atoms with Crippen molar-refractivity contribution in [1.82, 2.24) is 16.0 Å². The van der Waals surface area contributed by atoms with Crippen molar-refractivity contribution >= 4 is 16.3 Å². The first kappa shape index (κ1) is 17.5. The molecule has 0 aliphatic carbocycles. The topological polar surface area (TPSA) is 39.3 Å². The Kier molecular flexibility index (Phi) is 5.66. The lowest BCUT2D eigenvalue weighted by Gasteiger charge is -2.36. The van der Waals surface area contributed by atoms with Crippen molar-refractivity contribution in [3.8, 4) is 0 Å². The van der Waals surface area contributed by atoms with E-state index >= 15 is 0 Å². The van der Waals surface area contributed by atoms with Crippen LogP contribution >= 0.6 is 11.3 Å². The van der Waals surface area contributed by atoms with E-state index in [0.717, 1.165) is 6.54 Å². The Morgan fingerprint density at radius 2 is 2.09 bits per heavy atom. The maximum Gasteiger partial charge on any atom is 0.0991 e. The van der Waals surface area contributed by atoms with E-state index < -0.39 is 0 Å². The highest BCUT2D eigenvalue weighted by atomic mass is 32.1. The van der Waals surface area contributed by atoms with Crippen LogP contribution in [0.2, 0.25) is 0 Å². The number of allylic oxidation sites excluding steroid dienone is 1. The Balaban J connectivity index is 2.62. The second-order valence-corrected chi connectivity index (χ2v) is 7.26. The Morgan fingerprint density at radius 3 is 2.64 bits per heavy atom. The molecule has 2 rings (SSSR count). The Morgan fingerprint density at radius 1 is 1.41 bits per heavy atom. The second kappa shape index (κ2) is 7.13. The molecular weight excluding hydrogens is 292 g/mol. The quantitative estimate of drug-likeness (QED) is 0.746. The third kappa shape index (κ3) is 2.95. The number of fused-ring (bicyclic) bond motifs is 1. The predicted octanol–water partition coefficient (Wildman–Crippen LogP) is 2.89. The summed E-state index contributed by atoms with van der Waals surface area (Å²) in [6, 6.07) is 0.301. The number of aryl methyl sites for hydroxylation is 1. The molecule has 3 unspecified atom stereocenters. The molecule has 0 aromatic carbocycles. The number of nitrogens with one attached hydrogen (secondary N) is 3. The first-order valence-corrected chi connectivity index (χ1v) is 8.86. The van der Waals surface area contributed by atoms with Crippen molar-refractivity contribution in [2.75, 3.05) is 25.5 Å². The summed E-state index contributed by atoms with van der Waals surface area (Å²) >= 11 is 1.91. The summed E-state index contributed by atoms with van der Waals surface area (Å²) in [7, 11) is 4.06. The molecule has 0 fully saturated rings. The van der Waals surface area contributed by atoms with Gasteiger partial charge in [0, 0.05) is 17.0 Å². The molecule has 3 atom stereocenters. The smallest absolute Gasteiger partial charge is 0.0991 e. The monoisotopic (exact) mass is 322 g/mol. The van der Waals surface area contributed by atoms with Crippen LogP contribution in [0.25, 0.3) is 0 Å². The molecule has 1 aliphatic rings. The molecule has 0 saturated heterocycles. The van der Waals surface area contributed by atoms with Crippen LogP contribution in [0.15, 0.2) is 11.6 Å². The van der Waals surface area contributed by atoms with E-state index in [1.54, 1.807) is 0 Å². The predicted molar refractivity (Wildman–Crippen MR) is 97.8 cm³/mol. The second-order valence-electron chi connectivity index (χ2n) is 6.05. The third-order valence-corrected chi connectivity index (χ3v) is 6.10. The zero-order valence-electron chi connectivity index (χ0n) is 14.9. The van der Waals surface area contributed by atoms with Crippen LogP contribution in [0.5, 0.6) is 0 Å². The van der Waals surface area contributed by atoms with Crippen molar-refractivity contribution in [3.05, 3.63) is 27.7 Å². The maximum absolute atomic E-state index is 3.76. The summed E-state index contributed by atoms with van der Waals surface area (Å²) in [6.45, 7) is 12.0. The van der Waals surface area contributed by atoms with Gasteiger partial charge in [0.1, 0.15) is 0 Å². The lowest BCUT2D eigenvalue weighted by atomic mass is 9.97. The van der Waals surface area contributed by atoms with Crippen molar-refractivity contribution in [2.45, 2.75) is 53.0 Å². The minimum Gasteiger partial charge on any atom is -0.331 e. The minimum atomic E-state index is 0.272. The van der Waals surface area contributed by atoms with Gasteiger partial charge >= 0.3 is 0 Å². The summed E-state index contributed by atoms with van der Waals surface area (Å²) in [4.78, 5) is 3.89. The van der Waals surface area contributed by atoms with E-state index in [2.05, 4.69) is 61.5 Å². The van der Waals surface area contributed by atoms with E-state index in [9.17, 15) is 0 Å². The maximum atomic E-state index is 3.76. The summed E-state index contributed by atoms with van der Waals surface area (Å²) in [5.74, 6) is 0. The van der Waals surface area contributed by atoms with Crippen LogP contribution in [0.4, 0.5) is 5.00 Å². The molecule has 0 saturated carbocycles. The van der Waals surface area contributed by atoms with Gasteiger partial charge in [-0.3, -0.25) is 5.32 Å².